The topological polar surface area (TPSA) is 86.8 Å². The first-order valence-corrected chi connectivity index (χ1v) is 13.8. The van der Waals surface area contributed by atoms with Gasteiger partial charge in [0.05, 0.1) is 11.9 Å². The lowest BCUT2D eigenvalue weighted by atomic mass is 10.1. The number of nitrogens with one attached hydrogen (secondary N) is 1. The van der Waals surface area contributed by atoms with Crippen molar-refractivity contribution in [2.45, 2.75) is 52.7 Å². The van der Waals surface area contributed by atoms with Gasteiger partial charge in [-0.25, -0.2) is 8.42 Å². The zero-order chi connectivity index (χ0) is 26.7. The number of carbonyl (C=O) groups is 2. The first-order valence-electron chi connectivity index (χ1n) is 10.8. The van der Waals surface area contributed by atoms with Crippen LogP contribution in [-0.2, 0) is 26.2 Å². The molecule has 2 amide bonds. The molecule has 0 aromatic heterocycles. The largest absolute Gasteiger partial charge is 0.350 e. The van der Waals surface area contributed by atoms with Gasteiger partial charge in [0.1, 0.15) is 12.6 Å². The molecule has 192 valence electrons. The first-order chi connectivity index (χ1) is 16.0. The molecule has 0 saturated carbocycles. The number of sulfonamides is 1. The van der Waals surface area contributed by atoms with Crippen molar-refractivity contribution in [1.82, 2.24) is 10.2 Å². The summed E-state index contributed by atoms with van der Waals surface area (Å²) in [6.45, 7) is 8.11. The van der Waals surface area contributed by atoms with E-state index in [9.17, 15) is 18.0 Å². The van der Waals surface area contributed by atoms with E-state index in [1.807, 2.05) is 20.8 Å². The average molecular weight is 563 g/mol. The Balaban J connectivity index is 2.51. The maximum absolute atomic E-state index is 13.6. The molecule has 0 bridgehead atoms. The number of hydrogen-bond donors (Lipinski definition) is 1. The van der Waals surface area contributed by atoms with E-state index in [0.29, 0.717) is 26.2 Å². The average Bonchev–Trinajstić information content (AvgIpc) is 2.71. The van der Waals surface area contributed by atoms with Crippen LogP contribution in [0.2, 0.25) is 15.1 Å². The minimum atomic E-state index is -3.88. The van der Waals surface area contributed by atoms with Gasteiger partial charge in [0.25, 0.3) is 0 Å². The number of rotatable bonds is 8. The van der Waals surface area contributed by atoms with Crippen LogP contribution >= 0.6 is 34.8 Å². The van der Waals surface area contributed by atoms with Gasteiger partial charge >= 0.3 is 0 Å². The van der Waals surface area contributed by atoms with E-state index in [-0.39, 0.29) is 12.2 Å². The van der Waals surface area contributed by atoms with Crippen molar-refractivity contribution in [3.63, 3.8) is 0 Å². The van der Waals surface area contributed by atoms with E-state index in [4.69, 9.17) is 34.8 Å². The van der Waals surface area contributed by atoms with E-state index in [0.717, 1.165) is 10.6 Å². The maximum Gasteiger partial charge on any atom is 0.244 e. The third kappa shape index (κ3) is 8.00. The zero-order valence-electron chi connectivity index (χ0n) is 20.5. The molecule has 0 fully saturated rings. The summed E-state index contributed by atoms with van der Waals surface area (Å²) < 4.78 is 26.4. The fourth-order valence-electron chi connectivity index (χ4n) is 3.36. The van der Waals surface area contributed by atoms with Gasteiger partial charge in [0, 0.05) is 32.7 Å². The van der Waals surface area contributed by atoms with Gasteiger partial charge in [0.2, 0.25) is 21.8 Å². The molecule has 35 heavy (non-hydrogen) atoms. The van der Waals surface area contributed by atoms with Crippen LogP contribution in [0.5, 0.6) is 0 Å². The molecule has 1 N–H and O–H groups in total. The fraction of sp³-hybridized carbons (Fsp3) is 0.417. The number of anilines is 1. The second kappa shape index (κ2) is 11.4. The summed E-state index contributed by atoms with van der Waals surface area (Å²) in [5.41, 5.74) is 0.797. The molecule has 7 nitrogen and oxygen atoms in total. The van der Waals surface area contributed by atoms with Crippen LogP contribution in [0.4, 0.5) is 5.69 Å². The molecule has 0 aliphatic rings. The van der Waals surface area contributed by atoms with E-state index in [1.54, 1.807) is 44.2 Å². The standard InChI is InChI=1S/C24H30Cl3N3O4S/c1-15-10-11-17(25)12-21(15)30(35(6,33)34)14-22(31)29(16(2)23(32)28-24(3,4)5)13-18-19(26)8-7-9-20(18)27/h7-12,16H,13-14H2,1-6H3,(H,28,32)/t16-/m1/s1. The summed E-state index contributed by atoms with van der Waals surface area (Å²) in [5.74, 6) is -1.01. The molecule has 2 aromatic rings. The Morgan fingerprint density at radius 2 is 1.63 bits per heavy atom. The van der Waals surface area contributed by atoms with Crippen LogP contribution < -0.4 is 9.62 Å². The maximum atomic E-state index is 13.6. The summed E-state index contributed by atoms with van der Waals surface area (Å²) in [6.07, 6.45) is 1.01. The minimum Gasteiger partial charge on any atom is -0.350 e. The van der Waals surface area contributed by atoms with Gasteiger partial charge in [-0.3, -0.25) is 13.9 Å². The third-order valence-corrected chi connectivity index (χ3v) is 7.24. The zero-order valence-corrected chi connectivity index (χ0v) is 23.6. The highest BCUT2D eigenvalue weighted by molar-refractivity contribution is 7.92. The Hall–Kier alpha value is -2.00. The van der Waals surface area contributed by atoms with Crippen LogP contribution in [0.25, 0.3) is 0 Å². The molecular weight excluding hydrogens is 533 g/mol. The van der Waals surface area contributed by atoms with Crippen molar-refractivity contribution in [3.8, 4) is 0 Å². The molecule has 0 aliphatic heterocycles. The lowest BCUT2D eigenvalue weighted by Crippen LogP contribution is -2.54. The van der Waals surface area contributed by atoms with Gasteiger partial charge < -0.3 is 10.2 Å². The number of nitrogens with zero attached hydrogens (tertiary/aromatic N) is 2. The molecule has 1 atom stereocenters. The molecule has 0 radical (unpaired) electrons. The van der Waals surface area contributed by atoms with Crippen LogP contribution in [0.15, 0.2) is 36.4 Å². The summed E-state index contributed by atoms with van der Waals surface area (Å²) in [4.78, 5) is 27.9. The van der Waals surface area contributed by atoms with E-state index >= 15 is 0 Å². The Morgan fingerprint density at radius 3 is 2.14 bits per heavy atom. The van der Waals surface area contributed by atoms with Crippen molar-refractivity contribution in [2.24, 2.45) is 0 Å². The third-order valence-electron chi connectivity index (χ3n) is 5.17. The van der Waals surface area contributed by atoms with E-state index in [1.165, 1.54) is 11.0 Å². The predicted molar refractivity (Wildman–Crippen MR) is 143 cm³/mol. The van der Waals surface area contributed by atoms with Gasteiger partial charge in [0.15, 0.2) is 0 Å². The molecule has 0 unspecified atom stereocenters. The molecule has 2 rings (SSSR count). The number of halogens is 3. The highest BCUT2D eigenvalue weighted by Crippen LogP contribution is 2.29. The normalized spacial score (nSPS) is 12.7. The SMILES string of the molecule is Cc1ccc(Cl)cc1N(CC(=O)N(Cc1c(Cl)cccc1Cl)[C@H](C)C(=O)NC(C)(C)C)S(C)(=O)=O. The van der Waals surface area contributed by atoms with Crippen molar-refractivity contribution in [2.75, 3.05) is 17.1 Å². The molecule has 0 heterocycles. The molecule has 11 heteroatoms. The monoisotopic (exact) mass is 561 g/mol. The highest BCUT2D eigenvalue weighted by atomic mass is 35.5. The number of aryl methyl sites for hydroxylation is 1. The van der Waals surface area contributed by atoms with Crippen molar-refractivity contribution in [1.29, 1.82) is 0 Å². The summed E-state index contributed by atoms with van der Waals surface area (Å²) in [5, 5.41) is 3.82. The number of carbonyl (C=O) groups excluding carboxylic acids is 2. The fourth-order valence-corrected chi connectivity index (χ4v) is 4.94. The molecule has 2 aromatic carbocycles. The van der Waals surface area contributed by atoms with Gasteiger partial charge in [-0.15, -0.1) is 0 Å². The first kappa shape index (κ1) is 29.2. The van der Waals surface area contributed by atoms with Crippen molar-refractivity contribution < 1.29 is 18.0 Å². The predicted octanol–water partition coefficient (Wildman–Crippen LogP) is 5.05. The van der Waals surface area contributed by atoms with E-state index < -0.39 is 40.0 Å². The molecule has 0 saturated heterocycles. The summed E-state index contributed by atoms with van der Waals surface area (Å²) in [6, 6.07) is 8.76. The van der Waals surface area contributed by atoms with Gasteiger partial charge in [-0.2, -0.15) is 0 Å². The number of benzene rings is 2. The van der Waals surface area contributed by atoms with Gasteiger partial charge in [-0.1, -0.05) is 46.9 Å². The van der Waals surface area contributed by atoms with Gasteiger partial charge in [-0.05, 0) is 64.4 Å². The van der Waals surface area contributed by atoms with Crippen molar-refractivity contribution in [3.05, 3.63) is 62.6 Å². The smallest absolute Gasteiger partial charge is 0.244 e. The highest BCUT2D eigenvalue weighted by Gasteiger charge is 2.32. The molecule has 0 spiro atoms. The second-order valence-corrected chi connectivity index (χ2v) is 12.5. The Kier molecular flexibility index (Phi) is 9.50. The van der Waals surface area contributed by atoms with Crippen LogP contribution in [0.3, 0.4) is 0 Å². The summed E-state index contributed by atoms with van der Waals surface area (Å²) >= 11 is 18.8. The van der Waals surface area contributed by atoms with Crippen molar-refractivity contribution >= 4 is 62.3 Å². The Morgan fingerprint density at radius 1 is 1.06 bits per heavy atom. The molecule has 0 aliphatic carbocycles. The lowest BCUT2D eigenvalue weighted by Gasteiger charge is -2.33. The second-order valence-electron chi connectivity index (χ2n) is 9.34. The Labute approximate surface area is 222 Å². The minimum absolute atomic E-state index is 0.0950. The summed E-state index contributed by atoms with van der Waals surface area (Å²) in [7, 11) is -3.88. The quantitative estimate of drug-likeness (QED) is 0.488. The number of hydrogen-bond acceptors (Lipinski definition) is 4. The van der Waals surface area contributed by atoms with Crippen LogP contribution in [-0.4, -0.2) is 49.5 Å². The number of amides is 2. The lowest BCUT2D eigenvalue weighted by molar-refractivity contribution is -0.140. The van der Waals surface area contributed by atoms with E-state index in [2.05, 4.69) is 5.32 Å². The van der Waals surface area contributed by atoms with Crippen LogP contribution in [0, 0.1) is 6.92 Å². The molecular formula is C24H30Cl3N3O4S. The Bertz CT molecular complexity index is 1190. The van der Waals surface area contributed by atoms with Crippen LogP contribution in [0.1, 0.15) is 38.8 Å².